The van der Waals surface area contributed by atoms with Crippen molar-refractivity contribution in [3.05, 3.63) is 64.6 Å². The summed E-state index contributed by atoms with van der Waals surface area (Å²) >= 11 is 9.30. The molecule has 4 rings (SSSR count). The highest BCUT2D eigenvalue weighted by atomic mass is 35.5. The number of thioether (sulfide) groups is 1. The van der Waals surface area contributed by atoms with Gasteiger partial charge >= 0.3 is 0 Å². The van der Waals surface area contributed by atoms with Gasteiger partial charge in [0.05, 0.1) is 23.4 Å². The van der Waals surface area contributed by atoms with Gasteiger partial charge in [-0.3, -0.25) is 0 Å². The maximum absolute atomic E-state index is 6.26. The van der Waals surface area contributed by atoms with E-state index in [9.17, 15) is 0 Å². The molecule has 0 atom stereocenters. The van der Waals surface area contributed by atoms with Crippen LogP contribution in [0.5, 0.6) is 5.75 Å². The molecule has 0 saturated heterocycles. The van der Waals surface area contributed by atoms with E-state index in [0.29, 0.717) is 27.5 Å². The molecule has 28 heavy (non-hydrogen) atoms. The summed E-state index contributed by atoms with van der Waals surface area (Å²) < 4.78 is 6.86. The fourth-order valence-corrected chi connectivity index (χ4v) is 4.65. The van der Waals surface area contributed by atoms with E-state index in [2.05, 4.69) is 15.2 Å². The van der Waals surface area contributed by atoms with Crippen LogP contribution in [0, 0.1) is 0 Å². The number of para-hydroxylation sites is 1. The molecule has 0 aliphatic heterocycles. The van der Waals surface area contributed by atoms with Gasteiger partial charge < -0.3 is 10.6 Å². The third kappa shape index (κ3) is 3.71. The second-order valence-electron chi connectivity index (χ2n) is 5.79. The molecule has 0 bridgehead atoms. The van der Waals surface area contributed by atoms with Crippen LogP contribution in [0.2, 0.25) is 5.02 Å². The smallest absolute Gasteiger partial charge is 0.210 e. The van der Waals surface area contributed by atoms with Crippen LogP contribution in [0.1, 0.15) is 5.69 Å². The third-order valence-electron chi connectivity index (χ3n) is 4.02. The molecule has 4 aromatic rings. The van der Waals surface area contributed by atoms with E-state index in [1.807, 2.05) is 53.9 Å². The Balaban J connectivity index is 1.51. The summed E-state index contributed by atoms with van der Waals surface area (Å²) in [5, 5.41) is 12.6. The average molecular weight is 430 g/mol. The van der Waals surface area contributed by atoms with E-state index in [4.69, 9.17) is 22.2 Å². The number of hydrogen-bond donors (Lipinski definition) is 1. The molecule has 0 unspecified atom stereocenters. The fraction of sp³-hybridized carbons (Fsp3) is 0.105. The van der Waals surface area contributed by atoms with Crippen molar-refractivity contribution in [3.63, 3.8) is 0 Å². The first kappa shape index (κ1) is 18.8. The van der Waals surface area contributed by atoms with Gasteiger partial charge in [0.25, 0.3) is 0 Å². The van der Waals surface area contributed by atoms with Crippen LogP contribution in [0.25, 0.3) is 22.0 Å². The highest BCUT2D eigenvalue weighted by Gasteiger charge is 2.16. The minimum absolute atomic E-state index is 0.551. The van der Waals surface area contributed by atoms with Crippen molar-refractivity contribution in [2.75, 3.05) is 13.0 Å². The molecule has 2 heterocycles. The lowest BCUT2D eigenvalue weighted by Gasteiger charge is -2.07. The fourth-order valence-electron chi connectivity index (χ4n) is 2.66. The predicted octanol–water partition coefficient (Wildman–Crippen LogP) is 4.74. The third-order valence-corrected chi connectivity index (χ3v) is 6.25. The summed E-state index contributed by atoms with van der Waals surface area (Å²) in [6.45, 7) is 0. The summed E-state index contributed by atoms with van der Waals surface area (Å²) in [5.41, 5.74) is 2.67. The molecule has 2 N–H and O–H groups in total. The molecule has 0 radical (unpaired) electrons. The molecular formula is C19H16ClN5OS2. The van der Waals surface area contributed by atoms with Crippen LogP contribution in [-0.4, -0.2) is 27.0 Å². The Morgan fingerprint density at radius 1 is 1.11 bits per heavy atom. The first-order valence-corrected chi connectivity index (χ1v) is 10.6. The number of rotatable bonds is 6. The van der Waals surface area contributed by atoms with Gasteiger partial charge in [-0.2, -0.15) is 0 Å². The van der Waals surface area contributed by atoms with Gasteiger partial charge in [-0.05, 0) is 18.2 Å². The van der Waals surface area contributed by atoms with Gasteiger partial charge in [0.15, 0.2) is 5.82 Å². The van der Waals surface area contributed by atoms with Crippen LogP contribution in [0.15, 0.2) is 59.1 Å². The molecule has 2 aromatic carbocycles. The Bertz CT molecular complexity index is 1110. The normalized spacial score (nSPS) is 10.9. The highest BCUT2D eigenvalue weighted by Crippen LogP contribution is 2.33. The molecule has 0 amide bonds. The summed E-state index contributed by atoms with van der Waals surface area (Å²) in [7, 11) is 1.62. The molecule has 0 saturated carbocycles. The second kappa shape index (κ2) is 8.22. The van der Waals surface area contributed by atoms with Gasteiger partial charge in [0.1, 0.15) is 10.8 Å². The SMILES string of the molecule is COc1ccccc1-c1nnc(SCc2csc(-c3ccccc3Cl)n2)n1N. The number of nitrogens with two attached hydrogens (primary N) is 1. The number of halogens is 1. The Labute approximate surface area is 175 Å². The van der Waals surface area contributed by atoms with Crippen LogP contribution in [0.4, 0.5) is 0 Å². The summed E-state index contributed by atoms with van der Waals surface area (Å²) in [6, 6.07) is 15.3. The summed E-state index contributed by atoms with van der Waals surface area (Å²) in [5.74, 6) is 8.09. The van der Waals surface area contributed by atoms with Crippen molar-refractivity contribution in [3.8, 4) is 27.7 Å². The topological polar surface area (TPSA) is 78.9 Å². The van der Waals surface area contributed by atoms with Crippen molar-refractivity contribution >= 4 is 34.7 Å². The largest absolute Gasteiger partial charge is 0.496 e. The average Bonchev–Trinajstić information content (AvgIpc) is 3.33. The Kier molecular flexibility index (Phi) is 5.52. The van der Waals surface area contributed by atoms with Gasteiger partial charge in [0, 0.05) is 16.7 Å². The van der Waals surface area contributed by atoms with E-state index in [1.54, 1.807) is 18.4 Å². The maximum atomic E-state index is 6.26. The van der Waals surface area contributed by atoms with E-state index in [0.717, 1.165) is 21.8 Å². The number of nitrogens with zero attached hydrogens (tertiary/aromatic N) is 4. The number of benzene rings is 2. The van der Waals surface area contributed by atoms with Gasteiger partial charge in [0.2, 0.25) is 5.16 Å². The van der Waals surface area contributed by atoms with E-state index in [-0.39, 0.29) is 0 Å². The molecule has 0 spiro atoms. The van der Waals surface area contributed by atoms with Gasteiger partial charge in [-0.1, -0.05) is 53.7 Å². The number of ether oxygens (including phenoxy) is 1. The quantitative estimate of drug-likeness (QED) is 0.352. The van der Waals surface area contributed by atoms with Crippen molar-refractivity contribution < 1.29 is 4.74 Å². The minimum Gasteiger partial charge on any atom is -0.496 e. The monoisotopic (exact) mass is 429 g/mol. The maximum Gasteiger partial charge on any atom is 0.210 e. The van der Waals surface area contributed by atoms with E-state index >= 15 is 0 Å². The molecular weight excluding hydrogens is 414 g/mol. The Hall–Kier alpha value is -2.55. The second-order valence-corrected chi connectivity index (χ2v) is 8.00. The van der Waals surface area contributed by atoms with Crippen LogP contribution < -0.4 is 10.6 Å². The molecule has 2 aromatic heterocycles. The number of methoxy groups -OCH3 is 1. The number of hydrogen-bond acceptors (Lipinski definition) is 7. The van der Waals surface area contributed by atoms with Crippen molar-refractivity contribution in [1.29, 1.82) is 0 Å². The molecule has 0 aliphatic carbocycles. The number of thiazole rings is 1. The molecule has 0 aliphatic rings. The van der Waals surface area contributed by atoms with Crippen molar-refractivity contribution in [1.82, 2.24) is 19.9 Å². The Morgan fingerprint density at radius 2 is 1.86 bits per heavy atom. The lowest BCUT2D eigenvalue weighted by Crippen LogP contribution is -2.12. The number of nitrogen functional groups attached to an aromatic ring is 1. The first-order chi connectivity index (χ1) is 13.7. The van der Waals surface area contributed by atoms with Crippen molar-refractivity contribution in [2.45, 2.75) is 10.9 Å². The molecule has 0 fully saturated rings. The van der Waals surface area contributed by atoms with E-state index < -0.39 is 0 Å². The van der Waals surface area contributed by atoms with E-state index in [1.165, 1.54) is 16.4 Å². The zero-order valence-corrected chi connectivity index (χ0v) is 17.3. The molecule has 6 nitrogen and oxygen atoms in total. The van der Waals surface area contributed by atoms with Crippen LogP contribution >= 0.6 is 34.7 Å². The minimum atomic E-state index is 0.551. The zero-order valence-electron chi connectivity index (χ0n) is 14.9. The van der Waals surface area contributed by atoms with Gasteiger partial charge in [-0.25, -0.2) is 9.66 Å². The lowest BCUT2D eigenvalue weighted by atomic mass is 10.2. The molecule has 9 heteroatoms. The Morgan fingerprint density at radius 3 is 2.64 bits per heavy atom. The van der Waals surface area contributed by atoms with Gasteiger partial charge in [-0.15, -0.1) is 21.5 Å². The van der Waals surface area contributed by atoms with Crippen LogP contribution in [-0.2, 0) is 5.75 Å². The van der Waals surface area contributed by atoms with Crippen molar-refractivity contribution in [2.24, 2.45) is 0 Å². The first-order valence-electron chi connectivity index (χ1n) is 8.33. The lowest BCUT2D eigenvalue weighted by molar-refractivity contribution is 0.416. The zero-order chi connectivity index (χ0) is 19.5. The highest BCUT2D eigenvalue weighted by molar-refractivity contribution is 7.98. The number of aromatic nitrogens is 4. The summed E-state index contributed by atoms with van der Waals surface area (Å²) in [6.07, 6.45) is 0. The standard InChI is InChI=1S/C19H16ClN5OS2/c1-26-16-9-5-3-7-14(16)17-23-24-19(25(17)21)28-11-12-10-27-18(22-12)13-6-2-4-8-15(13)20/h2-10H,11,21H2,1H3. The molecule has 142 valence electrons. The summed E-state index contributed by atoms with van der Waals surface area (Å²) in [4.78, 5) is 4.67. The van der Waals surface area contributed by atoms with Crippen LogP contribution in [0.3, 0.4) is 0 Å². The predicted molar refractivity (Wildman–Crippen MR) is 114 cm³/mol.